The number of aryl methyl sites for hydroxylation is 1. The maximum absolute atomic E-state index is 13.4. The highest BCUT2D eigenvalue weighted by atomic mass is 16.6. The fraction of sp³-hybridized carbons (Fsp3) is 0.297. The number of phenols is 1. The molecule has 0 bridgehead atoms. The van der Waals surface area contributed by atoms with Gasteiger partial charge < -0.3 is 30.5 Å². The summed E-state index contributed by atoms with van der Waals surface area (Å²) in [6.07, 6.45) is 1.69. The smallest absolute Gasteiger partial charge is 0.293 e. The van der Waals surface area contributed by atoms with Crippen molar-refractivity contribution in [2.45, 2.75) is 19.8 Å². The van der Waals surface area contributed by atoms with Crippen LogP contribution in [0.2, 0.25) is 0 Å². The quantitative estimate of drug-likeness (QED) is 0.0501. The highest BCUT2D eigenvalue weighted by Gasteiger charge is 2.22. The second-order valence-electron chi connectivity index (χ2n) is 13.0. The molecule has 1 fully saturated rings. The molecular formula is C37H38N8O6. The van der Waals surface area contributed by atoms with Gasteiger partial charge in [-0.05, 0) is 68.8 Å². The number of piperazine rings is 1. The maximum atomic E-state index is 13.4. The number of non-ortho nitro benzene ring substituents is 2. The van der Waals surface area contributed by atoms with E-state index in [0.29, 0.717) is 35.2 Å². The number of benzene rings is 4. The number of phenolic OH excluding ortho intramolecular Hbond substituents is 1. The van der Waals surface area contributed by atoms with Crippen molar-refractivity contribution in [3.8, 4) is 5.75 Å². The van der Waals surface area contributed by atoms with Crippen molar-refractivity contribution >= 4 is 66.4 Å². The Hall–Kier alpha value is -5.86. The van der Waals surface area contributed by atoms with Crippen LogP contribution in [0.4, 0.5) is 22.7 Å². The molecule has 6 aromatic rings. The number of hydrogen-bond acceptors (Lipinski definition) is 11. The Labute approximate surface area is 292 Å². The van der Waals surface area contributed by atoms with E-state index in [1.807, 2.05) is 31.2 Å². The second-order valence-corrected chi connectivity index (χ2v) is 13.0. The van der Waals surface area contributed by atoms with Crippen LogP contribution in [0.15, 0.2) is 71.5 Å². The van der Waals surface area contributed by atoms with E-state index in [1.165, 1.54) is 24.3 Å². The SMILES string of the molecule is Cc1ccc([N+](=O)[O-])c2c(NCCCN3CCN(CCCNc4ccc([N+](=O)[O-])c5[nH]c6ccc(O)cc6c(=O)c45)CC3)c3ccccc3nc12. The minimum Gasteiger partial charge on any atom is -0.508 e. The molecule has 14 heteroatoms. The van der Waals surface area contributed by atoms with Crippen molar-refractivity contribution in [2.75, 3.05) is 63.0 Å². The molecule has 0 unspecified atom stereocenters. The van der Waals surface area contributed by atoms with Gasteiger partial charge in [-0.3, -0.25) is 25.0 Å². The molecule has 1 aliphatic heterocycles. The first kappa shape index (κ1) is 33.6. The van der Waals surface area contributed by atoms with E-state index in [0.717, 1.165) is 74.3 Å². The lowest BCUT2D eigenvalue weighted by Crippen LogP contribution is -2.47. The van der Waals surface area contributed by atoms with Gasteiger partial charge in [-0.2, -0.15) is 0 Å². The van der Waals surface area contributed by atoms with Gasteiger partial charge in [-0.25, -0.2) is 4.98 Å². The third-order valence-corrected chi connectivity index (χ3v) is 9.71. The van der Waals surface area contributed by atoms with Crippen LogP contribution in [-0.4, -0.2) is 87.1 Å². The van der Waals surface area contributed by atoms with Crippen LogP contribution in [0.25, 0.3) is 43.6 Å². The summed E-state index contributed by atoms with van der Waals surface area (Å²) < 4.78 is 0. The van der Waals surface area contributed by atoms with Crippen LogP contribution in [-0.2, 0) is 0 Å². The number of aromatic hydroxyl groups is 1. The van der Waals surface area contributed by atoms with E-state index in [-0.39, 0.29) is 43.8 Å². The molecular weight excluding hydrogens is 652 g/mol. The largest absolute Gasteiger partial charge is 0.508 e. The first-order valence-electron chi connectivity index (χ1n) is 17.0. The van der Waals surface area contributed by atoms with Gasteiger partial charge in [0.2, 0.25) is 0 Å². The maximum Gasteiger partial charge on any atom is 0.293 e. The van der Waals surface area contributed by atoms with E-state index in [1.54, 1.807) is 18.2 Å². The molecule has 0 aliphatic carbocycles. The lowest BCUT2D eigenvalue weighted by Gasteiger charge is -2.34. The number of rotatable bonds is 12. The molecule has 262 valence electrons. The van der Waals surface area contributed by atoms with Gasteiger partial charge >= 0.3 is 0 Å². The van der Waals surface area contributed by atoms with Crippen LogP contribution in [0, 0.1) is 27.2 Å². The minimum atomic E-state index is -0.510. The monoisotopic (exact) mass is 690 g/mol. The number of fused-ring (bicyclic) bond motifs is 4. The molecule has 4 aromatic carbocycles. The molecule has 1 saturated heterocycles. The van der Waals surface area contributed by atoms with E-state index in [4.69, 9.17) is 4.98 Å². The summed E-state index contributed by atoms with van der Waals surface area (Å²) in [5.74, 6) is -0.0557. The summed E-state index contributed by atoms with van der Waals surface area (Å²) in [7, 11) is 0. The first-order valence-corrected chi connectivity index (χ1v) is 17.0. The van der Waals surface area contributed by atoms with Gasteiger partial charge in [0.25, 0.3) is 11.4 Å². The predicted octanol–water partition coefficient (Wildman–Crippen LogP) is 6.13. The summed E-state index contributed by atoms with van der Waals surface area (Å²) in [6, 6.07) is 18.3. The van der Waals surface area contributed by atoms with Crippen LogP contribution >= 0.6 is 0 Å². The van der Waals surface area contributed by atoms with Crippen molar-refractivity contribution in [1.29, 1.82) is 0 Å². The van der Waals surface area contributed by atoms with Crippen LogP contribution in [0.3, 0.4) is 0 Å². The normalized spacial score (nSPS) is 14.1. The summed E-state index contributed by atoms with van der Waals surface area (Å²) in [4.78, 5) is 48.9. The standard InChI is InChI=1S/C37H38N8O6/c1-23-8-12-30(44(48)49)33-34(23)40-27-7-3-2-6-25(27)35(33)39-15-5-17-43-20-18-42(19-21-43)16-4-14-38-29-11-13-31(45(50)51)36-32(29)37(47)26-22-24(46)9-10-28(26)41-36/h2-3,6-13,22,38,46H,4-5,14-21H2,1H3,(H,39,40)(H,41,47). The number of pyridine rings is 2. The molecule has 51 heavy (non-hydrogen) atoms. The third-order valence-electron chi connectivity index (χ3n) is 9.71. The molecule has 0 amide bonds. The molecule has 7 rings (SSSR count). The number of aromatic amines is 1. The zero-order valence-corrected chi connectivity index (χ0v) is 28.1. The number of nitrogens with one attached hydrogen (secondary N) is 3. The third kappa shape index (κ3) is 6.70. The van der Waals surface area contributed by atoms with Gasteiger partial charge in [-0.1, -0.05) is 24.3 Å². The van der Waals surface area contributed by atoms with Crippen LogP contribution in [0.1, 0.15) is 18.4 Å². The zero-order valence-electron chi connectivity index (χ0n) is 28.1. The summed E-state index contributed by atoms with van der Waals surface area (Å²) in [5.41, 5.74) is 3.64. The summed E-state index contributed by atoms with van der Waals surface area (Å²) in [5, 5.41) is 42.3. The van der Waals surface area contributed by atoms with Crippen LogP contribution in [0.5, 0.6) is 5.75 Å². The van der Waals surface area contributed by atoms with E-state index in [2.05, 4.69) is 25.4 Å². The van der Waals surface area contributed by atoms with Crippen molar-refractivity contribution in [1.82, 2.24) is 19.8 Å². The minimum absolute atomic E-state index is 0.0483. The molecule has 3 heterocycles. The summed E-state index contributed by atoms with van der Waals surface area (Å²) >= 11 is 0. The van der Waals surface area contributed by atoms with Gasteiger partial charge in [0.1, 0.15) is 16.7 Å². The fourth-order valence-corrected chi connectivity index (χ4v) is 7.08. The molecule has 1 aliphatic rings. The van der Waals surface area contributed by atoms with Crippen molar-refractivity contribution in [2.24, 2.45) is 0 Å². The Morgan fingerprint density at radius 2 is 1.49 bits per heavy atom. The Kier molecular flexibility index (Phi) is 9.34. The lowest BCUT2D eigenvalue weighted by molar-refractivity contribution is -0.383. The molecule has 0 spiro atoms. The summed E-state index contributed by atoms with van der Waals surface area (Å²) in [6.45, 7) is 8.64. The molecule has 0 atom stereocenters. The Bertz CT molecular complexity index is 2370. The lowest BCUT2D eigenvalue weighted by atomic mass is 10.0. The topological polar surface area (TPSA) is 183 Å². The average molecular weight is 691 g/mol. The number of anilines is 2. The molecule has 0 saturated carbocycles. The van der Waals surface area contributed by atoms with Gasteiger partial charge in [0.05, 0.1) is 37.5 Å². The number of nitrogens with zero attached hydrogens (tertiary/aromatic N) is 5. The molecule has 4 N–H and O–H groups in total. The first-order chi connectivity index (χ1) is 24.7. The Morgan fingerprint density at radius 3 is 2.20 bits per heavy atom. The van der Waals surface area contributed by atoms with E-state index in [9.17, 15) is 30.1 Å². The Morgan fingerprint density at radius 1 is 0.824 bits per heavy atom. The average Bonchev–Trinajstić information content (AvgIpc) is 3.12. The van der Waals surface area contributed by atoms with Gasteiger partial charge in [0, 0.05) is 67.9 Å². The number of hydrogen-bond donors (Lipinski definition) is 4. The zero-order chi connectivity index (χ0) is 35.6. The van der Waals surface area contributed by atoms with Crippen LogP contribution < -0.4 is 16.1 Å². The number of nitro groups is 2. The predicted molar refractivity (Wildman–Crippen MR) is 200 cm³/mol. The van der Waals surface area contributed by atoms with Crippen molar-refractivity contribution in [3.63, 3.8) is 0 Å². The highest BCUT2D eigenvalue weighted by Crippen LogP contribution is 2.38. The second kappa shape index (κ2) is 14.2. The fourth-order valence-electron chi connectivity index (χ4n) is 7.08. The molecule has 14 nitrogen and oxygen atoms in total. The number of aromatic nitrogens is 2. The van der Waals surface area contributed by atoms with Crippen molar-refractivity contribution in [3.05, 3.63) is 103 Å². The molecule has 2 aromatic heterocycles. The number of para-hydroxylation sites is 1. The number of nitro benzene ring substituents is 2. The van der Waals surface area contributed by atoms with Crippen molar-refractivity contribution < 1.29 is 15.0 Å². The Balaban J connectivity index is 0.925. The van der Waals surface area contributed by atoms with E-state index >= 15 is 0 Å². The molecule has 0 radical (unpaired) electrons. The van der Waals surface area contributed by atoms with E-state index < -0.39 is 4.92 Å². The highest BCUT2D eigenvalue weighted by molar-refractivity contribution is 6.12. The van der Waals surface area contributed by atoms with Gasteiger partial charge in [0.15, 0.2) is 5.43 Å². The number of H-pyrrole nitrogens is 1. The van der Waals surface area contributed by atoms with Gasteiger partial charge in [-0.15, -0.1) is 0 Å².